The van der Waals surface area contributed by atoms with Crippen molar-refractivity contribution < 1.29 is 4.79 Å². The van der Waals surface area contributed by atoms with E-state index in [9.17, 15) is 4.79 Å². The quantitative estimate of drug-likeness (QED) is 0.822. The minimum absolute atomic E-state index is 0.228. The van der Waals surface area contributed by atoms with Crippen molar-refractivity contribution in [2.24, 2.45) is 5.10 Å². The van der Waals surface area contributed by atoms with Gasteiger partial charge in [-0.2, -0.15) is 5.10 Å². The van der Waals surface area contributed by atoms with Gasteiger partial charge in [0.05, 0.1) is 0 Å². The number of halogens is 1. The van der Waals surface area contributed by atoms with Crippen LogP contribution in [0.3, 0.4) is 0 Å². The van der Waals surface area contributed by atoms with Crippen LogP contribution in [-0.4, -0.2) is 16.6 Å². The largest absolute Gasteiger partial charge is 0.356 e. The molecule has 0 aliphatic heterocycles. The Bertz CT molecular complexity index is 633. The Kier molecular flexibility index (Phi) is 3.21. The molecular weight excluding hydrogens is 306 g/mol. The maximum atomic E-state index is 11.8. The van der Waals surface area contributed by atoms with E-state index in [0.29, 0.717) is 5.69 Å². The van der Waals surface area contributed by atoms with Gasteiger partial charge in [-0.05, 0) is 33.1 Å². The standard InChI is InChI=1S/C14H12BrN3O/c15-11-7-13(16-8-11)14(19)18-17-12-5-9-3-1-2-4-10(9)6-12/h1-4,7-8,16H,5-6H2,(H,18,19). The Balaban J connectivity index is 1.67. The molecule has 5 heteroatoms. The molecule has 0 spiro atoms. The van der Waals surface area contributed by atoms with Gasteiger partial charge in [0.15, 0.2) is 0 Å². The highest BCUT2D eigenvalue weighted by molar-refractivity contribution is 9.10. The number of carbonyl (C=O) groups excluding carboxylic acids is 1. The van der Waals surface area contributed by atoms with Crippen LogP contribution in [0, 0.1) is 0 Å². The molecular formula is C14H12BrN3O. The lowest BCUT2D eigenvalue weighted by Crippen LogP contribution is -2.20. The van der Waals surface area contributed by atoms with Gasteiger partial charge in [-0.1, -0.05) is 24.3 Å². The summed E-state index contributed by atoms with van der Waals surface area (Å²) in [5.41, 5.74) is 6.64. The molecule has 2 aromatic rings. The second-order valence-corrected chi connectivity index (χ2v) is 5.39. The van der Waals surface area contributed by atoms with Crippen LogP contribution in [0.4, 0.5) is 0 Å². The SMILES string of the molecule is O=C(NN=C1Cc2ccccc2C1)c1cc(Br)c[nH]1. The molecule has 96 valence electrons. The Hall–Kier alpha value is -1.88. The van der Waals surface area contributed by atoms with Gasteiger partial charge in [-0.25, -0.2) is 5.43 Å². The number of hydrogen-bond acceptors (Lipinski definition) is 2. The number of H-pyrrole nitrogens is 1. The third kappa shape index (κ3) is 2.61. The predicted molar refractivity (Wildman–Crippen MR) is 77.2 cm³/mol. The van der Waals surface area contributed by atoms with E-state index in [1.807, 2.05) is 12.1 Å². The summed E-state index contributed by atoms with van der Waals surface area (Å²) in [5.74, 6) is -0.228. The van der Waals surface area contributed by atoms with E-state index >= 15 is 0 Å². The van der Waals surface area contributed by atoms with Crippen molar-refractivity contribution in [1.29, 1.82) is 0 Å². The number of aromatic amines is 1. The summed E-state index contributed by atoms with van der Waals surface area (Å²) in [7, 11) is 0. The fourth-order valence-corrected chi connectivity index (χ4v) is 2.52. The summed E-state index contributed by atoms with van der Waals surface area (Å²) in [5, 5.41) is 4.21. The van der Waals surface area contributed by atoms with Crippen molar-refractivity contribution in [3.8, 4) is 0 Å². The third-order valence-electron chi connectivity index (χ3n) is 3.12. The highest BCUT2D eigenvalue weighted by Gasteiger charge is 2.16. The van der Waals surface area contributed by atoms with E-state index in [0.717, 1.165) is 23.0 Å². The highest BCUT2D eigenvalue weighted by atomic mass is 79.9. The molecule has 1 heterocycles. The van der Waals surface area contributed by atoms with Gasteiger partial charge in [-0.15, -0.1) is 0 Å². The summed E-state index contributed by atoms with van der Waals surface area (Å²) >= 11 is 3.29. The molecule has 1 aromatic heterocycles. The Labute approximate surface area is 119 Å². The van der Waals surface area contributed by atoms with E-state index in [2.05, 4.69) is 43.6 Å². The van der Waals surface area contributed by atoms with Crippen molar-refractivity contribution in [2.75, 3.05) is 0 Å². The molecule has 1 amide bonds. The number of rotatable bonds is 2. The van der Waals surface area contributed by atoms with Gasteiger partial charge in [-0.3, -0.25) is 4.79 Å². The van der Waals surface area contributed by atoms with Crippen LogP contribution in [0.1, 0.15) is 21.6 Å². The summed E-state index contributed by atoms with van der Waals surface area (Å²) < 4.78 is 0.846. The molecule has 3 rings (SSSR count). The van der Waals surface area contributed by atoms with Crippen LogP contribution in [0.15, 0.2) is 46.1 Å². The maximum absolute atomic E-state index is 11.8. The molecule has 0 atom stereocenters. The number of benzene rings is 1. The van der Waals surface area contributed by atoms with E-state index < -0.39 is 0 Å². The minimum Gasteiger partial charge on any atom is -0.356 e. The molecule has 0 saturated carbocycles. The summed E-state index contributed by atoms with van der Waals surface area (Å²) in [6.07, 6.45) is 3.34. The lowest BCUT2D eigenvalue weighted by Gasteiger charge is -1.98. The third-order valence-corrected chi connectivity index (χ3v) is 3.57. The topological polar surface area (TPSA) is 57.2 Å². The molecule has 4 nitrogen and oxygen atoms in total. The zero-order valence-corrected chi connectivity index (χ0v) is 11.7. The second kappa shape index (κ2) is 5.01. The van der Waals surface area contributed by atoms with E-state index in [-0.39, 0.29) is 5.91 Å². The van der Waals surface area contributed by atoms with Crippen LogP contribution in [-0.2, 0) is 12.8 Å². The molecule has 2 N–H and O–H groups in total. The van der Waals surface area contributed by atoms with E-state index in [1.165, 1.54) is 11.1 Å². The smallest absolute Gasteiger partial charge is 0.287 e. The van der Waals surface area contributed by atoms with Gasteiger partial charge >= 0.3 is 0 Å². The Morgan fingerprint density at radius 1 is 1.26 bits per heavy atom. The Morgan fingerprint density at radius 2 is 1.95 bits per heavy atom. The van der Waals surface area contributed by atoms with E-state index in [4.69, 9.17) is 0 Å². The summed E-state index contributed by atoms with van der Waals surface area (Å²) in [6.45, 7) is 0. The van der Waals surface area contributed by atoms with Crippen molar-refractivity contribution in [2.45, 2.75) is 12.8 Å². The van der Waals surface area contributed by atoms with Crippen molar-refractivity contribution in [1.82, 2.24) is 10.4 Å². The lowest BCUT2D eigenvalue weighted by atomic mass is 10.1. The van der Waals surface area contributed by atoms with Crippen LogP contribution in [0.25, 0.3) is 0 Å². The number of nitrogens with one attached hydrogen (secondary N) is 2. The Morgan fingerprint density at radius 3 is 2.53 bits per heavy atom. The van der Waals surface area contributed by atoms with Crippen molar-refractivity contribution in [3.63, 3.8) is 0 Å². The fourth-order valence-electron chi connectivity index (χ4n) is 2.17. The average Bonchev–Trinajstić information content (AvgIpc) is 3.01. The van der Waals surface area contributed by atoms with Crippen molar-refractivity contribution in [3.05, 3.63) is 57.8 Å². The van der Waals surface area contributed by atoms with Crippen LogP contribution < -0.4 is 5.43 Å². The number of amides is 1. The number of nitrogens with zero attached hydrogens (tertiary/aromatic N) is 1. The van der Waals surface area contributed by atoms with Crippen LogP contribution in [0.2, 0.25) is 0 Å². The molecule has 19 heavy (non-hydrogen) atoms. The maximum Gasteiger partial charge on any atom is 0.287 e. The molecule has 1 aliphatic carbocycles. The first-order chi connectivity index (χ1) is 9.22. The van der Waals surface area contributed by atoms with Gasteiger partial charge in [0.25, 0.3) is 5.91 Å². The highest BCUT2D eigenvalue weighted by Crippen LogP contribution is 2.19. The second-order valence-electron chi connectivity index (χ2n) is 4.47. The fraction of sp³-hybridized carbons (Fsp3) is 0.143. The molecule has 1 aliphatic rings. The molecule has 0 unspecified atom stereocenters. The van der Waals surface area contributed by atoms with E-state index in [1.54, 1.807) is 12.3 Å². The van der Waals surface area contributed by atoms with Gasteiger partial charge < -0.3 is 4.98 Å². The molecule has 0 saturated heterocycles. The minimum atomic E-state index is -0.228. The number of fused-ring (bicyclic) bond motifs is 1. The first-order valence-corrected chi connectivity index (χ1v) is 6.78. The van der Waals surface area contributed by atoms with Crippen molar-refractivity contribution >= 4 is 27.5 Å². The first-order valence-electron chi connectivity index (χ1n) is 5.99. The number of carbonyl (C=O) groups is 1. The molecule has 0 bridgehead atoms. The van der Waals surface area contributed by atoms with Crippen LogP contribution in [0.5, 0.6) is 0 Å². The first kappa shape index (κ1) is 12.2. The molecule has 0 radical (unpaired) electrons. The molecule has 0 fully saturated rings. The summed E-state index contributed by atoms with van der Waals surface area (Å²) in [6, 6.07) is 9.97. The van der Waals surface area contributed by atoms with Gasteiger partial charge in [0, 0.05) is 29.2 Å². The lowest BCUT2D eigenvalue weighted by molar-refractivity contribution is 0.0950. The number of aromatic nitrogens is 1. The average molecular weight is 318 g/mol. The monoisotopic (exact) mass is 317 g/mol. The predicted octanol–water partition coefficient (Wildman–Crippen LogP) is 2.66. The molecule has 1 aromatic carbocycles. The van der Waals surface area contributed by atoms with Gasteiger partial charge in [0.1, 0.15) is 5.69 Å². The number of hydrogen-bond donors (Lipinski definition) is 2. The normalized spacial score (nSPS) is 13.2. The van der Waals surface area contributed by atoms with Gasteiger partial charge in [0.2, 0.25) is 0 Å². The number of hydrazone groups is 1. The van der Waals surface area contributed by atoms with Crippen LogP contribution >= 0.6 is 15.9 Å². The summed E-state index contributed by atoms with van der Waals surface area (Å²) in [4.78, 5) is 14.7. The zero-order valence-electron chi connectivity index (χ0n) is 10.1. The zero-order chi connectivity index (χ0) is 13.2.